The Balaban J connectivity index is 2.04. The van der Waals surface area contributed by atoms with Crippen LogP contribution in [0.2, 0.25) is 5.02 Å². The van der Waals surface area contributed by atoms with Crippen molar-refractivity contribution >= 4 is 23.5 Å². The second-order valence-electron chi connectivity index (χ2n) is 4.43. The van der Waals surface area contributed by atoms with Gasteiger partial charge < -0.3 is 15.5 Å². The van der Waals surface area contributed by atoms with E-state index in [0.717, 1.165) is 0 Å². The average molecular weight is 270 g/mol. The van der Waals surface area contributed by atoms with E-state index >= 15 is 0 Å². The number of amides is 1. The Morgan fingerprint density at radius 3 is 2.61 bits per heavy atom. The quantitative estimate of drug-likeness (QED) is 0.775. The molecular formula is C12H12ClNO4. The maximum atomic E-state index is 11.8. The van der Waals surface area contributed by atoms with Gasteiger partial charge in [0.05, 0.1) is 11.0 Å². The highest BCUT2D eigenvalue weighted by Gasteiger charge is 2.50. The number of nitrogens with one attached hydrogen (secondary N) is 1. The van der Waals surface area contributed by atoms with Crippen LogP contribution in [-0.2, 0) is 4.79 Å². The zero-order valence-corrected chi connectivity index (χ0v) is 10.2. The van der Waals surface area contributed by atoms with E-state index in [4.69, 9.17) is 16.7 Å². The number of carbonyl (C=O) groups is 2. The number of carboxylic acid groups (broad SMARTS) is 1. The Bertz CT molecular complexity index is 511. The summed E-state index contributed by atoms with van der Waals surface area (Å²) in [5.74, 6) is -1.61. The van der Waals surface area contributed by atoms with E-state index in [1.165, 1.54) is 18.2 Å². The van der Waals surface area contributed by atoms with Crippen LogP contribution in [0.15, 0.2) is 18.2 Å². The number of hydrogen-bond acceptors (Lipinski definition) is 3. The molecule has 0 aromatic heterocycles. The van der Waals surface area contributed by atoms with Gasteiger partial charge in [0.15, 0.2) is 0 Å². The highest BCUT2D eigenvalue weighted by Crippen LogP contribution is 2.45. The lowest BCUT2D eigenvalue weighted by molar-refractivity contribution is -0.143. The van der Waals surface area contributed by atoms with Crippen LogP contribution >= 0.6 is 11.6 Å². The summed E-state index contributed by atoms with van der Waals surface area (Å²) in [6.45, 7) is 0.0626. The summed E-state index contributed by atoms with van der Waals surface area (Å²) < 4.78 is 0. The molecule has 0 bridgehead atoms. The van der Waals surface area contributed by atoms with Crippen molar-refractivity contribution in [3.05, 3.63) is 28.8 Å². The van der Waals surface area contributed by atoms with E-state index in [1.54, 1.807) is 0 Å². The Hall–Kier alpha value is -1.75. The van der Waals surface area contributed by atoms with Crippen LogP contribution < -0.4 is 5.32 Å². The van der Waals surface area contributed by atoms with Crippen LogP contribution in [0.3, 0.4) is 0 Å². The zero-order valence-electron chi connectivity index (χ0n) is 9.44. The first-order valence-electron chi connectivity index (χ1n) is 5.45. The molecular weight excluding hydrogens is 258 g/mol. The van der Waals surface area contributed by atoms with Crippen LogP contribution in [0.5, 0.6) is 5.75 Å². The molecule has 6 heteroatoms. The number of phenolic OH excluding ortho intramolecular Hbond substituents is 1. The number of benzene rings is 1. The van der Waals surface area contributed by atoms with Gasteiger partial charge in [-0.25, -0.2) is 0 Å². The minimum Gasteiger partial charge on any atom is -0.507 e. The van der Waals surface area contributed by atoms with Gasteiger partial charge in [-0.15, -0.1) is 0 Å². The molecule has 0 radical (unpaired) electrons. The minimum atomic E-state index is -0.905. The van der Waals surface area contributed by atoms with Gasteiger partial charge in [0.1, 0.15) is 5.75 Å². The van der Waals surface area contributed by atoms with Gasteiger partial charge in [-0.2, -0.15) is 0 Å². The fourth-order valence-electron chi connectivity index (χ4n) is 1.65. The predicted octanol–water partition coefficient (Wildman–Crippen LogP) is 1.64. The molecule has 1 saturated carbocycles. The lowest BCUT2D eigenvalue weighted by Gasteiger charge is -2.11. The summed E-state index contributed by atoms with van der Waals surface area (Å²) in [5, 5.41) is 21.3. The monoisotopic (exact) mass is 269 g/mol. The van der Waals surface area contributed by atoms with E-state index < -0.39 is 17.3 Å². The standard InChI is InChI=1S/C12H12ClNO4/c13-7-1-2-9(15)8(5-7)10(16)14-6-12(3-4-12)11(17)18/h1-2,5,15H,3-4,6H2,(H,14,16)(H,17,18). The van der Waals surface area contributed by atoms with Crippen LogP contribution in [0, 0.1) is 5.41 Å². The number of rotatable bonds is 4. The molecule has 1 aliphatic carbocycles. The third-order valence-corrected chi connectivity index (χ3v) is 3.33. The summed E-state index contributed by atoms with van der Waals surface area (Å²) >= 11 is 5.73. The maximum Gasteiger partial charge on any atom is 0.311 e. The number of halogens is 1. The molecule has 96 valence electrons. The summed E-state index contributed by atoms with van der Waals surface area (Å²) in [4.78, 5) is 22.7. The predicted molar refractivity (Wildman–Crippen MR) is 64.8 cm³/mol. The number of hydrogen-bond donors (Lipinski definition) is 3. The molecule has 1 amide bonds. The number of aliphatic carboxylic acids is 1. The topological polar surface area (TPSA) is 86.6 Å². The van der Waals surface area contributed by atoms with Gasteiger partial charge in [0.25, 0.3) is 5.91 Å². The van der Waals surface area contributed by atoms with E-state index in [9.17, 15) is 14.7 Å². The molecule has 0 unspecified atom stereocenters. The normalized spacial score (nSPS) is 16.1. The van der Waals surface area contributed by atoms with E-state index in [0.29, 0.717) is 17.9 Å². The van der Waals surface area contributed by atoms with Gasteiger partial charge in [-0.05, 0) is 31.0 Å². The van der Waals surface area contributed by atoms with Crippen molar-refractivity contribution in [3.8, 4) is 5.75 Å². The van der Waals surface area contributed by atoms with Crippen LogP contribution in [0.4, 0.5) is 0 Å². The summed E-state index contributed by atoms with van der Waals surface area (Å²) in [5.41, 5.74) is -0.784. The van der Waals surface area contributed by atoms with Crippen molar-refractivity contribution in [1.29, 1.82) is 0 Å². The smallest absolute Gasteiger partial charge is 0.311 e. The number of carboxylic acids is 1. The molecule has 1 aliphatic rings. The van der Waals surface area contributed by atoms with Gasteiger partial charge in [-0.3, -0.25) is 9.59 Å². The third-order valence-electron chi connectivity index (χ3n) is 3.10. The lowest BCUT2D eigenvalue weighted by atomic mass is 10.1. The van der Waals surface area contributed by atoms with Crippen molar-refractivity contribution in [2.24, 2.45) is 5.41 Å². The first-order valence-corrected chi connectivity index (χ1v) is 5.82. The third kappa shape index (κ3) is 2.41. The van der Waals surface area contributed by atoms with Crippen molar-refractivity contribution in [1.82, 2.24) is 5.32 Å². The molecule has 2 rings (SSSR count). The van der Waals surface area contributed by atoms with Crippen molar-refractivity contribution < 1.29 is 19.8 Å². The average Bonchev–Trinajstić information content (AvgIpc) is 3.10. The van der Waals surface area contributed by atoms with Crippen molar-refractivity contribution in [3.63, 3.8) is 0 Å². The number of carbonyl (C=O) groups excluding carboxylic acids is 1. The molecule has 1 fully saturated rings. The molecule has 1 aromatic rings. The van der Waals surface area contributed by atoms with Gasteiger partial charge >= 0.3 is 5.97 Å². The van der Waals surface area contributed by atoms with Crippen molar-refractivity contribution in [2.75, 3.05) is 6.54 Å². The second kappa shape index (κ2) is 4.49. The molecule has 0 heterocycles. The van der Waals surface area contributed by atoms with Gasteiger partial charge in [0.2, 0.25) is 0 Å². The summed E-state index contributed by atoms with van der Waals surface area (Å²) in [6, 6.07) is 4.13. The summed E-state index contributed by atoms with van der Waals surface area (Å²) in [7, 11) is 0. The fraction of sp³-hybridized carbons (Fsp3) is 0.333. The Kier molecular flexibility index (Phi) is 3.17. The highest BCUT2D eigenvalue weighted by atomic mass is 35.5. The molecule has 18 heavy (non-hydrogen) atoms. The molecule has 0 aliphatic heterocycles. The van der Waals surface area contributed by atoms with Gasteiger partial charge in [-0.1, -0.05) is 11.6 Å². The van der Waals surface area contributed by atoms with Crippen LogP contribution in [0.1, 0.15) is 23.2 Å². The van der Waals surface area contributed by atoms with Crippen molar-refractivity contribution in [2.45, 2.75) is 12.8 Å². The number of aromatic hydroxyl groups is 1. The van der Waals surface area contributed by atoms with Gasteiger partial charge in [0, 0.05) is 11.6 Å². The van der Waals surface area contributed by atoms with Crippen LogP contribution in [0.25, 0.3) is 0 Å². The number of phenols is 1. The van der Waals surface area contributed by atoms with E-state index in [-0.39, 0.29) is 17.9 Å². The summed E-state index contributed by atoms with van der Waals surface area (Å²) in [6.07, 6.45) is 1.12. The van der Waals surface area contributed by atoms with E-state index in [2.05, 4.69) is 5.32 Å². The minimum absolute atomic E-state index is 0.0451. The molecule has 0 saturated heterocycles. The van der Waals surface area contributed by atoms with Crippen LogP contribution in [-0.4, -0.2) is 28.6 Å². The Labute approximate surface area is 108 Å². The molecule has 5 nitrogen and oxygen atoms in total. The molecule has 1 aromatic carbocycles. The fourth-order valence-corrected chi connectivity index (χ4v) is 1.82. The second-order valence-corrected chi connectivity index (χ2v) is 4.87. The lowest BCUT2D eigenvalue weighted by Crippen LogP contribution is -2.34. The molecule has 0 spiro atoms. The Morgan fingerprint density at radius 2 is 2.06 bits per heavy atom. The first-order chi connectivity index (χ1) is 8.44. The molecule has 0 atom stereocenters. The largest absolute Gasteiger partial charge is 0.507 e. The zero-order chi connectivity index (χ0) is 13.3. The Morgan fingerprint density at radius 1 is 1.39 bits per heavy atom. The van der Waals surface area contributed by atoms with E-state index in [1.807, 2.05) is 0 Å². The highest BCUT2D eigenvalue weighted by molar-refractivity contribution is 6.31. The maximum absolute atomic E-state index is 11.8. The first kappa shape index (κ1) is 12.7. The molecule has 3 N–H and O–H groups in total. The SMILES string of the molecule is O=C(NCC1(C(=O)O)CC1)c1cc(Cl)ccc1O.